The molecule has 1 heterocycles. The first-order chi connectivity index (χ1) is 8.33. The van der Waals surface area contributed by atoms with E-state index in [2.05, 4.69) is 15.4 Å². The van der Waals surface area contributed by atoms with Crippen molar-refractivity contribution in [3.63, 3.8) is 0 Å². The lowest BCUT2D eigenvalue weighted by atomic mass is 10.3. The summed E-state index contributed by atoms with van der Waals surface area (Å²) in [5, 5.41) is 0.803. The quantitative estimate of drug-likeness (QED) is 0.489. The Hall–Kier alpha value is -1.79. The minimum absolute atomic E-state index is 0.393. The van der Waals surface area contributed by atoms with Crippen LogP contribution in [0.3, 0.4) is 0 Å². The summed E-state index contributed by atoms with van der Waals surface area (Å²) in [5.74, 6) is 6.47. The van der Waals surface area contributed by atoms with Gasteiger partial charge >= 0.3 is 0 Å². The first-order valence-corrected chi connectivity index (χ1v) is 5.75. The van der Waals surface area contributed by atoms with Gasteiger partial charge in [-0.2, -0.15) is 0 Å². The van der Waals surface area contributed by atoms with Crippen LogP contribution in [0.1, 0.15) is 0 Å². The van der Waals surface area contributed by atoms with Crippen LogP contribution in [0.15, 0.2) is 46.5 Å². The van der Waals surface area contributed by atoms with E-state index < -0.39 is 0 Å². The molecule has 0 unspecified atom stereocenters. The standard InChI is InChI=1S/C11H12N4OS/c1-16-8-4-2-3-5-9(8)17-10-6-7-13-11(14-10)15-12/h2-7H,12H2,1H3,(H,13,14,15). The van der Waals surface area contributed by atoms with Crippen molar-refractivity contribution < 1.29 is 4.74 Å². The minimum Gasteiger partial charge on any atom is -0.496 e. The van der Waals surface area contributed by atoms with Crippen LogP contribution in [-0.4, -0.2) is 17.1 Å². The van der Waals surface area contributed by atoms with Gasteiger partial charge in [-0.3, -0.25) is 5.43 Å². The van der Waals surface area contributed by atoms with E-state index in [1.165, 1.54) is 11.8 Å². The van der Waals surface area contributed by atoms with E-state index in [4.69, 9.17) is 10.6 Å². The van der Waals surface area contributed by atoms with Gasteiger partial charge in [0.15, 0.2) is 0 Å². The summed E-state index contributed by atoms with van der Waals surface area (Å²) in [6.45, 7) is 0. The molecule has 0 bridgehead atoms. The van der Waals surface area contributed by atoms with Crippen LogP contribution in [0.4, 0.5) is 5.95 Å². The van der Waals surface area contributed by atoms with Crippen LogP contribution in [0.5, 0.6) is 5.75 Å². The van der Waals surface area contributed by atoms with Crippen molar-refractivity contribution in [1.29, 1.82) is 0 Å². The average molecular weight is 248 g/mol. The fourth-order valence-corrected chi connectivity index (χ4v) is 2.17. The number of nitrogens with one attached hydrogen (secondary N) is 1. The van der Waals surface area contributed by atoms with E-state index in [0.29, 0.717) is 5.95 Å². The zero-order valence-corrected chi connectivity index (χ0v) is 10.1. The number of rotatable bonds is 4. The number of ether oxygens (including phenoxy) is 1. The number of nitrogen functional groups attached to an aromatic ring is 1. The van der Waals surface area contributed by atoms with Gasteiger partial charge in [0.05, 0.1) is 12.0 Å². The lowest BCUT2D eigenvalue weighted by Crippen LogP contribution is -2.10. The highest BCUT2D eigenvalue weighted by Crippen LogP contribution is 2.33. The average Bonchev–Trinajstić information content (AvgIpc) is 2.39. The number of hydrazine groups is 1. The smallest absolute Gasteiger partial charge is 0.238 e. The summed E-state index contributed by atoms with van der Waals surface area (Å²) < 4.78 is 5.27. The third kappa shape index (κ3) is 2.86. The Kier molecular flexibility index (Phi) is 3.79. The largest absolute Gasteiger partial charge is 0.496 e. The SMILES string of the molecule is COc1ccccc1Sc1ccnc(NN)n1. The Bertz CT molecular complexity index is 506. The summed E-state index contributed by atoms with van der Waals surface area (Å²) in [7, 11) is 1.65. The molecule has 0 radical (unpaired) electrons. The third-order valence-corrected chi connectivity index (χ3v) is 3.04. The summed E-state index contributed by atoms with van der Waals surface area (Å²) >= 11 is 1.50. The number of anilines is 1. The molecule has 0 saturated heterocycles. The van der Waals surface area contributed by atoms with Crippen LogP contribution in [0.25, 0.3) is 0 Å². The summed E-state index contributed by atoms with van der Waals surface area (Å²) in [6.07, 6.45) is 1.65. The number of methoxy groups -OCH3 is 1. The van der Waals surface area contributed by atoms with Crippen molar-refractivity contribution in [3.05, 3.63) is 36.5 Å². The molecule has 5 nitrogen and oxygen atoms in total. The van der Waals surface area contributed by atoms with Crippen molar-refractivity contribution in [2.24, 2.45) is 5.84 Å². The van der Waals surface area contributed by atoms with Crippen LogP contribution >= 0.6 is 11.8 Å². The predicted molar refractivity (Wildman–Crippen MR) is 67.0 cm³/mol. The molecule has 0 atom stereocenters. The summed E-state index contributed by atoms with van der Waals surface area (Å²) in [5.41, 5.74) is 2.41. The van der Waals surface area contributed by atoms with Gasteiger partial charge in [-0.15, -0.1) is 0 Å². The van der Waals surface area contributed by atoms with Crippen LogP contribution in [0.2, 0.25) is 0 Å². The molecule has 1 aromatic heterocycles. The van der Waals surface area contributed by atoms with Gasteiger partial charge in [0.2, 0.25) is 5.95 Å². The molecule has 2 rings (SSSR count). The molecule has 0 aliphatic carbocycles. The van der Waals surface area contributed by atoms with Gasteiger partial charge in [0.25, 0.3) is 0 Å². The molecule has 6 heteroatoms. The van der Waals surface area contributed by atoms with Gasteiger partial charge < -0.3 is 4.74 Å². The number of nitrogens with two attached hydrogens (primary N) is 1. The van der Waals surface area contributed by atoms with Gasteiger partial charge in [-0.05, 0) is 18.2 Å². The Morgan fingerprint density at radius 3 is 2.88 bits per heavy atom. The zero-order chi connectivity index (χ0) is 12.1. The normalized spacial score (nSPS) is 10.0. The topological polar surface area (TPSA) is 73.1 Å². The highest BCUT2D eigenvalue weighted by Gasteiger charge is 2.05. The first kappa shape index (κ1) is 11.7. The predicted octanol–water partition coefficient (Wildman–Crippen LogP) is 1.92. The third-order valence-electron chi connectivity index (χ3n) is 2.04. The van der Waals surface area contributed by atoms with E-state index >= 15 is 0 Å². The monoisotopic (exact) mass is 248 g/mol. The molecule has 0 saturated carbocycles. The maximum atomic E-state index is 5.27. The second kappa shape index (κ2) is 5.51. The van der Waals surface area contributed by atoms with Crippen molar-refractivity contribution in [2.75, 3.05) is 12.5 Å². The van der Waals surface area contributed by atoms with E-state index in [1.807, 2.05) is 30.3 Å². The summed E-state index contributed by atoms with van der Waals surface area (Å²) in [4.78, 5) is 9.17. The highest BCUT2D eigenvalue weighted by atomic mass is 32.2. The Balaban J connectivity index is 2.24. The van der Waals surface area contributed by atoms with E-state index in [0.717, 1.165) is 15.7 Å². The lowest BCUT2D eigenvalue weighted by Gasteiger charge is -2.07. The van der Waals surface area contributed by atoms with Crippen molar-refractivity contribution in [2.45, 2.75) is 9.92 Å². The van der Waals surface area contributed by atoms with Crippen molar-refractivity contribution in [1.82, 2.24) is 9.97 Å². The Morgan fingerprint density at radius 1 is 1.29 bits per heavy atom. The van der Waals surface area contributed by atoms with E-state index in [1.54, 1.807) is 13.3 Å². The Morgan fingerprint density at radius 2 is 2.12 bits per heavy atom. The fourth-order valence-electron chi connectivity index (χ4n) is 1.28. The summed E-state index contributed by atoms with van der Waals surface area (Å²) in [6, 6.07) is 9.58. The lowest BCUT2D eigenvalue weighted by molar-refractivity contribution is 0.405. The number of para-hydroxylation sites is 1. The molecule has 88 valence electrons. The molecular weight excluding hydrogens is 236 g/mol. The number of hydrogen-bond donors (Lipinski definition) is 2. The first-order valence-electron chi connectivity index (χ1n) is 4.94. The molecule has 0 aliphatic rings. The fraction of sp³-hybridized carbons (Fsp3) is 0.0909. The van der Waals surface area contributed by atoms with Crippen molar-refractivity contribution in [3.8, 4) is 5.75 Å². The number of nitrogens with zero attached hydrogens (tertiary/aromatic N) is 2. The number of benzene rings is 1. The molecule has 2 aromatic rings. The maximum absolute atomic E-state index is 5.27. The molecule has 0 spiro atoms. The minimum atomic E-state index is 0.393. The molecule has 0 fully saturated rings. The second-order valence-electron chi connectivity index (χ2n) is 3.12. The molecular formula is C11H12N4OS. The molecule has 1 aromatic carbocycles. The molecule has 0 aliphatic heterocycles. The van der Waals surface area contributed by atoms with Gasteiger partial charge in [-0.1, -0.05) is 23.9 Å². The molecule has 3 N–H and O–H groups in total. The highest BCUT2D eigenvalue weighted by molar-refractivity contribution is 7.99. The van der Waals surface area contributed by atoms with Gasteiger partial charge in [-0.25, -0.2) is 15.8 Å². The number of hydrogen-bond acceptors (Lipinski definition) is 6. The van der Waals surface area contributed by atoms with Crippen molar-refractivity contribution >= 4 is 17.7 Å². The van der Waals surface area contributed by atoms with Crippen LogP contribution < -0.4 is 16.0 Å². The van der Waals surface area contributed by atoms with E-state index in [9.17, 15) is 0 Å². The van der Waals surface area contributed by atoms with E-state index in [-0.39, 0.29) is 0 Å². The van der Waals surface area contributed by atoms with Crippen LogP contribution in [-0.2, 0) is 0 Å². The molecule has 0 amide bonds. The van der Waals surface area contributed by atoms with Gasteiger partial charge in [0.1, 0.15) is 10.8 Å². The van der Waals surface area contributed by atoms with Crippen LogP contribution in [0, 0.1) is 0 Å². The zero-order valence-electron chi connectivity index (χ0n) is 9.25. The maximum Gasteiger partial charge on any atom is 0.238 e. The second-order valence-corrected chi connectivity index (χ2v) is 4.18. The molecule has 17 heavy (non-hydrogen) atoms. The number of aromatic nitrogens is 2. The Labute approximate surface area is 103 Å². The van der Waals surface area contributed by atoms with Gasteiger partial charge in [0, 0.05) is 6.20 Å².